The molecule has 0 aromatic heterocycles. The molecule has 2 amide bonds. The van der Waals surface area contributed by atoms with Gasteiger partial charge in [-0.15, -0.1) is 0 Å². The van der Waals surface area contributed by atoms with Gasteiger partial charge in [0.15, 0.2) is 0 Å². The molecule has 1 rings (SSSR count). The summed E-state index contributed by atoms with van der Waals surface area (Å²) in [6.07, 6.45) is 1.03. The number of likely N-dealkylation sites (tertiary alicyclic amines) is 1. The first-order valence-corrected chi connectivity index (χ1v) is 6.65. The van der Waals surface area contributed by atoms with Crippen LogP contribution in [0.15, 0.2) is 0 Å². The highest BCUT2D eigenvalue weighted by Crippen LogP contribution is 2.24. The number of hydrogen-bond donors (Lipinski definition) is 2. The van der Waals surface area contributed by atoms with E-state index in [1.54, 1.807) is 11.8 Å². The van der Waals surface area contributed by atoms with Gasteiger partial charge < -0.3 is 15.3 Å². The summed E-state index contributed by atoms with van der Waals surface area (Å²) in [4.78, 5) is 24.3. The molecule has 0 saturated carbocycles. The van der Waals surface area contributed by atoms with E-state index in [2.05, 4.69) is 19.2 Å². The number of amides is 2. The molecule has 2 N–H and O–H groups in total. The van der Waals surface area contributed by atoms with Gasteiger partial charge >= 0.3 is 12.0 Å². The summed E-state index contributed by atoms with van der Waals surface area (Å²) in [6, 6.07) is 0.0788. The summed E-state index contributed by atoms with van der Waals surface area (Å²) in [5.74, 6) is -0.620. The van der Waals surface area contributed by atoms with Crippen molar-refractivity contribution in [2.24, 2.45) is 17.8 Å². The molecule has 1 aliphatic heterocycles. The highest BCUT2D eigenvalue weighted by molar-refractivity contribution is 5.76. The molecule has 3 atom stereocenters. The number of nitrogens with one attached hydrogen (secondary N) is 1. The third kappa shape index (κ3) is 3.37. The Morgan fingerprint density at radius 3 is 2.33 bits per heavy atom. The quantitative estimate of drug-likeness (QED) is 0.787. The topological polar surface area (TPSA) is 69.6 Å². The van der Waals surface area contributed by atoms with Crippen LogP contribution in [-0.4, -0.2) is 41.1 Å². The maximum Gasteiger partial charge on any atom is 0.317 e. The van der Waals surface area contributed by atoms with E-state index in [0.717, 1.165) is 6.42 Å². The van der Waals surface area contributed by atoms with Crippen LogP contribution in [0.5, 0.6) is 0 Å². The highest BCUT2D eigenvalue weighted by atomic mass is 16.4. The van der Waals surface area contributed by atoms with Crippen molar-refractivity contribution in [2.75, 3.05) is 13.1 Å². The molecule has 1 fully saturated rings. The van der Waals surface area contributed by atoms with Gasteiger partial charge in [0.25, 0.3) is 0 Å². The minimum absolute atomic E-state index is 0.0726. The van der Waals surface area contributed by atoms with Crippen molar-refractivity contribution in [3.8, 4) is 0 Å². The van der Waals surface area contributed by atoms with Gasteiger partial charge in [-0.2, -0.15) is 0 Å². The average molecular weight is 256 g/mol. The van der Waals surface area contributed by atoms with Crippen molar-refractivity contribution in [1.82, 2.24) is 10.2 Å². The zero-order chi connectivity index (χ0) is 13.9. The molecular formula is C13H24N2O3. The first-order chi connectivity index (χ1) is 8.36. The van der Waals surface area contributed by atoms with E-state index in [1.165, 1.54) is 0 Å². The SMILES string of the molecule is CCC(C)C(C)NC(=O)N1CC(C(C)C(=O)O)C1. The second-order valence-corrected chi connectivity index (χ2v) is 5.42. The molecule has 104 valence electrons. The molecule has 0 radical (unpaired) electrons. The van der Waals surface area contributed by atoms with E-state index in [0.29, 0.717) is 19.0 Å². The lowest BCUT2D eigenvalue weighted by molar-refractivity contribution is -0.144. The lowest BCUT2D eigenvalue weighted by Crippen LogP contribution is -2.58. The van der Waals surface area contributed by atoms with Crippen LogP contribution < -0.4 is 5.32 Å². The number of carbonyl (C=O) groups excluding carboxylic acids is 1. The van der Waals surface area contributed by atoms with Gasteiger partial charge in [-0.3, -0.25) is 4.79 Å². The standard InChI is InChI=1S/C13H24N2O3/c1-5-8(2)10(4)14-13(18)15-6-11(7-15)9(3)12(16)17/h8-11H,5-7H2,1-4H3,(H,14,18)(H,16,17). The molecule has 0 spiro atoms. The molecule has 0 aliphatic carbocycles. The van der Waals surface area contributed by atoms with Crippen molar-refractivity contribution >= 4 is 12.0 Å². The first kappa shape index (κ1) is 14.8. The maximum atomic E-state index is 11.9. The number of nitrogens with zero attached hydrogens (tertiary/aromatic N) is 1. The zero-order valence-electron chi connectivity index (χ0n) is 11.6. The summed E-state index contributed by atoms with van der Waals surface area (Å²) in [5, 5.41) is 11.8. The molecule has 3 unspecified atom stereocenters. The van der Waals surface area contributed by atoms with Crippen molar-refractivity contribution in [2.45, 2.75) is 40.2 Å². The van der Waals surface area contributed by atoms with E-state index in [9.17, 15) is 9.59 Å². The lowest BCUT2D eigenvalue weighted by Gasteiger charge is -2.41. The van der Waals surface area contributed by atoms with E-state index < -0.39 is 5.97 Å². The van der Waals surface area contributed by atoms with Crippen LogP contribution >= 0.6 is 0 Å². The van der Waals surface area contributed by atoms with Gasteiger partial charge in [0, 0.05) is 25.0 Å². The summed E-state index contributed by atoms with van der Waals surface area (Å²) in [6.45, 7) is 9.00. The molecular weight excluding hydrogens is 232 g/mol. The van der Waals surface area contributed by atoms with Crippen LogP contribution in [0.1, 0.15) is 34.1 Å². The minimum atomic E-state index is -0.784. The second-order valence-electron chi connectivity index (χ2n) is 5.42. The molecule has 1 aliphatic rings. The van der Waals surface area contributed by atoms with Gasteiger partial charge in [-0.25, -0.2) is 4.79 Å². The van der Waals surface area contributed by atoms with Crippen molar-refractivity contribution in [3.05, 3.63) is 0 Å². The Balaban J connectivity index is 2.33. The Bertz CT molecular complexity index is 313. The number of rotatable bonds is 5. The van der Waals surface area contributed by atoms with Crippen molar-refractivity contribution in [3.63, 3.8) is 0 Å². The molecule has 0 aromatic rings. The smallest absolute Gasteiger partial charge is 0.317 e. The van der Waals surface area contributed by atoms with Crippen LogP contribution in [-0.2, 0) is 4.79 Å². The Morgan fingerprint density at radius 1 is 1.33 bits per heavy atom. The Kier molecular flexibility index (Phi) is 4.99. The number of urea groups is 1. The third-order valence-corrected chi connectivity index (χ3v) is 4.14. The Hall–Kier alpha value is -1.26. The van der Waals surface area contributed by atoms with Gasteiger partial charge in [-0.1, -0.05) is 27.2 Å². The monoisotopic (exact) mass is 256 g/mol. The molecule has 18 heavy (non-hydrogen) atoms. The number of hydrogen-bond acceptors (Lipinski definition) is 2. The number of carboxylic acid groups (broad SMARTS) is 1. The fourth-order valence-corrected chi connectivity index (χ4v) is 1.98. The number of carboxylic acids is 1. The summed E-state index contributed by atoms with van der Waals surface area (Å²) in [5.41, 5.74) is 0. The van der Waals surface area contributed by atoms with Crippen LogP contribution in [0.4, 0.5) is 4.79 Å². The van der Waals surface area contributed by atoms with E-state index in [1.807, 2.05) is 6.92 Å². The summed E-state index contributed by atoms with van der Waals surface area (Å²) < 4.78 is 0. The number of carbonyl (C=O) groups is 2. The largest absolute Gasteiger partial charge is 0.481 e. The molecule has 0 aromatic carbocycles. The minimum Gasteiger partial charge on any atom is -0.481 e. The third-order valence-electron chi connectivity index (χ3n) is 4.14. The lowest BCUT2D eigenvalue weighted by atomic mass is 9.87. The van der Waals surface area contributed by atoms with Gasteiger partial charge in [-0.05, 0) is 12.8 Å². The summed E-state index contributed by atoms with van der Waals surface area (Å²) in [7, 11) is 0. The van der Waals surface area contributed by atoms with E-state index >= 15 is 0 Å². The van der Waals surface area contributed by atoms with Crippen LogP contribution in [0.2, 0.25) is 0 Å². The van der Waals surface area contributed by atoms with E-state index in [-0.39, 0.29) is 23.9 Å². The average Bonchev–Trinajstić information content (AvgIpc) is 2.25. The normalized spacial score (nSPS) is 20.8. The fraction of sp³-hybridized carbons (Fsp3) is 0.846. The van der Waals surface area contributed by atoms with Gasteiger partial charge in [0.05, 0.1) is 5.92 Å². The highest BCUT2D eigenvalue weighted by Gasteiger charge is 2.37. The van der Waals surface area contributed by atoms with Gasteiger partial charge in [0.2, 0.25) is 0 Å². The van der Waals surface area contributed by atoms with Crippen molar-refractivity contribution < 1.29 is 14.7 Å². The Morgan fingerprint density at radius 2 is 1.89 bits per heavy atom. The van der Waals surface area contributed by atoms with E-state index in [4.69, 9.17) is 5.11 Å². The first-order valence-electron chi connectivity index (χ1n) is 6.65. The second kappa shape index (κ2) is 6.07. The zero-order valence-corrected chi connectivity index (χ0v) is 11.6. The van der Waals surface area contributed by atoms with Crippen LogP contribution in [0, 0.1) is 17.8 Å². The maximum absolute atomic E-state index is 11.9. The Labute approximate surface area is 109 Å². The molecule has 1 heterocycles. The fourth-order valence-electron chi connectivity index (χ4n) is 1.98. The van der Waals surface area contributed by atoms with Gasteiger partial charge in [0.1, 0.15) is 0 Å². The van der Waals surface area contributed by atoms with Crippen LogP contribution in [0.3, 0.4) is 0 Å². The molecule has 1 saturated heterocycles. The predicted molar refractivity (Wildman–Crippen MR) is 69.3 cm³/mol. The predicted octanol–water partition coefficient (Wildman–Crippen LogP) is 1.78. The number of aliphatic carboxylic acids is 1. The van der Waals surface area contributed by atoms with Crippen molar-refractivity contribution in [1.29, 1.82) is 0 Å². The van der Waals surface area contributed by atoms with Crippen LogP contribution in [0.25, 0.3) is 0 Å². The summed E-state index contributed by atoms with van der Waals surface area (Å²) >= 11 is 0. The molecule has 0 bridgehead atoms. The molecule has 5 heteroatoms. The molecule has 5 nitrogen and oxygen atoms in total.